The molecule has 0 heterocycles. The van der Waals surface area contributed by atoms with Gasteiger partial charge in [0.1, 0.15) is 11.9 Å². The Morgan fingerprint density at radius 3 is 2.39 bits per heavy atom. The molecule has 2 fully saturated rings. The Bertz CT molecular complexity index is 690. The van der Waals surface area contributed by atoms with E-state index in [2.05, 4.69) is 0 Å². The van der Waals surface area contributed by atoms with E-state index in [9.17, 15) is 9.18 Å². The molecular weight excluding hydrogens is 353 g/mol. The highest BCUT2D eigenvalue weighted by Gasteiger charge is 2.31. The van der Waals surface area contributed by atoms with E-state index in [0.29, 0.717) is 11.8 Å². The van der Waals surface area contributed by atoms with Crippen LogP contribution in [0.1, 0.15) is 75.7 Å². The first-order chi connectivity index (χ1) is 13.7. The molecule has 0 amide bonds. The van der Waals surface area contributed by atoms with Crippen LogP contribution in [0.15, 0.2) is 36.4 Å². The van der Waals surface area contributed by atoms with Crippen LogP contribution in [0.5, 0.6) is 0 Å². The Balaban J connectivity index is 1.36. The number of halogens is 1. The van der Waals surface area contributed by atoms with Gasteiger partial charge in [0.15, 0.2) is 0 Å². The summed E-state index contributed by atoms with van der Waals surface area (Å²) in [6.45, 7) is 0. The molecule has 0 atom stereocenters. The summed E-state index contributed by atoms with van der Waals surface area (Å²) < 4.78 is 18.9. The average Bonchev–Trinajstić information content (AvgIpc) is 2.73. The normalized spacial score (nSPS) is 28.0. The molecule has 0 N–H and O–H groups in total. The molecule has 1 aromatic rings. The first-order valence-corrected chi connectivity index (χ1v) is 10.7. The van der Waals surface area contributed by atoms with E-state index in [1.165, 1.54) is 17.7 Å². The van der Waals surface area contributed by atoms with Crippen LogP contribution < -0.4 is 0 Å². The van der Waals surface area contributed by atoms with Crippen molar-refractivity contribution in [1.82, 2.24) is 0 Å². The Morgan fingerprint density at radius 2 is 1.75 bits per heavy atom. The minimum absolute atomic E-state index is 0.0158. The summed E-state index contributed by atoms with van der Waals surface area (Å²) in [6.07, 6.45) is 13.4. The van der Waals surface area contributed by atoms with Crippen molar-refractivity contribution in [2.24, 2.45) is 11.8 Å². The zero-order chi connectivity index (χ0) is 19.8. The number of nitrogens with zero attached hydrogens (tertiary/aromatic N) is 1. The molecule has 0 radical (unpaired) electrons. The van der Waals surface area contributed by atoms with Crippen molar-refractivity contribution in [2.75, 3.05) is 0 Å². The third kappa shape index (κ3) is 5.92. The first-order valence-electron chi connectivity index (χ1n) is 10.7. The highest BCUT2D eigenvalue weighted by atomic mass is 19.1. The van der Waals surface area contributed by atoms with Crippen LogP contribution in [-0.4, -0.2) is 12.1 Å². The summed E-state index contributed by atoms with van der Waals surface area (Å²) in [5.41, 5.74) is 1.18. The van der Waals surface area contributed by atoms with Gasteiger partial charge in [-0.05, 0) is 93.7 Å². The number of hydrogen-bond acceptors (Lipinski definition) is 3. The topological polar surface area (TPSA) is 50.1 Å². The van der Waals surface area contributed by atoms with E-state index in [-0.39, 0.29) is 23.8 Å². The lowest BCUT2D eigenvalue weighted by molar-refractivity contribution is -0.157. The van der Waals surface area contributed by atoms with Crippen molar-refractivity contribution >= 4 is 5.97 Å². The summed E-state index contributed by atoms with van der Waals surface area (Å²) in [5.74, 6) is 0.914. The van der Waals surface area contributed by atoms with Crippen molar-refractivity contribution < 1.29 is 13.9 Å². The van der Waals surface area contributed by atoms with Gasteiger partial charge in [0.2, 0.25) is 0 Å². The summed E-state index contributed by atoms with van der Waals surface area (Å²) in [7, 11) is 0. The van der Waals surface area contributed by atoms with Gasteiger partial charge in [0.05, 0.1) is 12.0 Å². The van der Waals surface area contributed by atoms with Gasteiger partial charge in [-0.1, -0.05) is 18.2 Å². The lowest BCUT2D eigenvalue weighted by atomic mass is 9.78. The lowest BCUT2D eigenvalue weighted by Crippen LogP contribution is -2.29. The number of esters is 1. The molecule has 3 rings (SSSR count). The van der Waals surface area contributed by atoms with Crippen LogP contribution in [-0.2, 0) is 9.53 Å². The molecule has 3 nitrogen and oxygen atoms in total. The van der Waals surface area contributed by atoms with Gasteiger partial charge in [-0.2, -0.15) is 5.26 Å². The van der Waals surface area contributed by atoms with Crippen LogP contribution in [0.4, 0.5) is 4.39 Å². The summed E-state index contributed by atoms with van der Waals surface area (Å²) in [5, 5.41) is 8.51. The monoisotopic (exact) mass is 383 g/mol. The molecule has 0 spiro atoms. The van der Waals surface area contributed by atoms with Gasteiger partial charge in [-0.25, -0.2) is 4.39 Å². The number of hydrogen-bond donors (Lipinski definition) is 0. The SMILES string of the molecule is N#CC=CCCC1CCC(OC(=O)C2CCC(c3ccc(F)cc3)CC2)CC1. The molecule has 0 saturated heterocycles. The maximum Gasteiger partial charge on any atom is 0.309 e. The van der Waals surface area contributed by atoms with E-state index >= 15 is 0 Å². The minimum Gasteiger partial charge on any atom is -0.462 e. The number of ether oxygens (including phenoxy) is 1. The Morgan fingerprint density at radius 1 is 1.07 bits per heavy atom. The maximum absolute atomic E-state index is 13.1. The molecule has 150 valence electrons. The lowest BCUT2D eigenvalue weighted by Gasteiger charge is -2.31. The molecule has 0 unspecified atom stereocenters. The minimum atomic E-state index is -0.200. The molecule has 1 aromatic carbocycles. The fraction of sp³-hybridized carbons (Fsp3) is 0.583. The van der Waals surface area contributed by atoms with Crippen LogP contribution in [0.25, 0.3) is 0 Å². The van der Waals surface area contributed by atoms with Gasteiger partial charge < -0.3 is 4.74 Å². The number of allylic oxidation sites excluding steroid dienone is 2. The number of benzene rings is 1. The van der Waals surface area contributed by atoms with Crippen molar-refractivity contribution in [3.63, 3.8) is 0 Å². The van der Waals surface area contributed by atoms with Crippen molar-refractivity contribution in [3.8, 4) is 6.07 Å². The fourth-order valence-corrected chi connectivity index (χ4v) is 4.66. The van der Waals surface area contributed by atoms with Crippen LogP contribution in [0, 0.1) is 29.0 Å². The number of rotatable bonds is 6. The zero-order valence-electron chi connectivity index (χ0n) is 16.5. The standard InChI is InChI=1S/C24H30FNO2/c25-22-13-11-20(12-14-22)19-7-9-21(10-8-19)24(27)28-23-15-5-18(6-16-23)4-2-1-3-17-26/h1,3,11-14,18-19,21,23H,2,4-10,15-16H2. The van der Waals surface area contributed by atoms with Crippen molar-refractivity contribution in [1.29, 1.82) is 5.26 Å². The van der Waals surface area contributed by atoms with Gasteiger partial charge in [-0.3, -0.25) is 4.79 Å². The Hall–Kier alpha value is -2.15. The number of carbonyl (C=O) groups is 1. The number of nitriles is 1. The smallest absolute Gasteiger partial charge is 0.309 e. The second kappa shape index (κ2) is 10.4. The fourth-order valence-electron chi connectivity index (χ4n) is 4.66. The molecule has 0 aromatic heterocycles. The Labute approximate surface area is 167 Å². The predicted octanol–water partition coefficient (Wildman–Crippen LogP) is 6.06. The second-order valence-corrected chi connectivity index (χ2v) is 8.29. The number of carbonyl (C=O) groups excluding carboxylic acids is 1. The third-order valence-corrected chi connectivity index (χ3v) is 6.41. The maximum atomic E-state index is 13.1. The second-order valence-electron chi connectivity index (χ2n) is 8.29. The van der Waals surface area contributed by atoms with E-state index in [1.807, 2.05) is 24.3 Å². The molecule has 0 aliphatic heterocycles. The molecular formula is C24H30FNO2. The van der Waals surface area contributed by atoms with Gasteiger partial charge in [-0.15, -0.1) is 0 Å². The zero-order valence-corrected chi connectivity index (χ0v) is 16.5. The summed E-state index contributed by atoms with van der Waals surface area (Å²) in [6, 6.07) is 8.80. The van der Waals surface area contributed by atoms with Crippen LogP contribution >= 0.6 is 0 Å². The van der Waals surface area contributed by atoms with Crippen LogP contribution in [0.3, 0.4) is 0 Å². The van der Waals surface area contributed by atoms with Crippen molar-refractivity contribution in [2.45, 2.75) is 76.2 Å². The molecule has 0 bridgehead atoms. The van der Waals surface area contributed by atoms with E-state index in [4.69, 9.17) is 10.00 Å². The van der Waals surface area contributed by atoms with Gasteiger partial charge in [0.25, 0.3) is 0 Å². The average molecular weight is 384 g/mol. The predicted molar refractivity (Wildman–Crippen MR) is 107 cm³/mol. The molecule has 2 aliphatic carbocycles. The molecule has 4 heteroatoms. The molecule has 2 aliphatic rings. The third-order valence-electron chi connectivity index (χ3n) is 6.41. The van der Waals surface area contributed by atoms with E-state index < -0.39 is 0 Å². The van der Waals surface area contributed by atoms with Gasteiger partial charge in [0, 0.05) is 6.08 Å². The largest absolute Gasteiger partial charge is 0.462 e. The van der Waals surface area contributed by atoms with E-state index in [1.54, 1.807) is 6.08 Å². The molecule has 2 saturated carbocycles. The summed E-state index contributed by atoms with van der Waals surface area (Å²) >= 11 is 0. The Kier molecular flexibility index (Phi) is 7.65. The molecule has 28 heavy (non-hydrogen) atoms. The highest BCUT2D eigenvalue weighted by Crippen LogP contribution is 2.37. The quantitative estimate of drug-likeness (QED) is 0.443. The van der Waals surface area contributed by atoms with Crippen LogP contribution in [0.2, 0.25) is 0 Å². The van der Waals surface area contributed by atoms with Gasteiger partial charge >= 0.3 is 5.97 Å². The van der Waals surface area contributed by atoms with Crippen molar-refractivity contribution in [3.05, 3.63) is 47.8 Å². The highest BCUT2D eigenvalue weighted by molar-refractivity contribution is 5.72. The van der Waals surface area contributed by atoms with E-state index in [0.717, 1.165) is 64.2 Å². The summed E-state index contributed by atoms with van der Waals surface area (Å²) in [4.78, 5) is 12.6. The first kappa shape index (κ1) is 20.6.